The summed E-state index contributed by atoms with van der Waals surface area (Å²) >= 11 is 0. The van der Waals surface area contributed by atoms with Gasteiger partial charge >= 0.3 is 6.03 Å². The van der Waals surface area contributed by atoms with Crippen LogP contribution in [0.1, 0.15) is 290 Å². The van der Waals surface area contributed by atoms with Crippen molar-refractivity contribution in [3.63, 3.8) is 0 Å². The van der Waals surface area contributed by atoms with E-state index in [4.69, 9.17) is 14.2 Å². The van der Waals surface area contributed by atoms with Crippen LogP contribution in [0.25, 0.3) is 32.3 Å². The van der Waals surface area contributed by atoms with Crippen molar-refractivity contribution in [1.29, 1.82) is 0 Å². The van der Waals surface area contributed by atoms with Gasteiger partial charge in [-0.15, -0.1) is 0 Å². The van der Waals surface area contributed by atoms with E-state index in [1.54, 1.807) is 6.07 Å². The van der Waals surface area contributed by atoms with E-state index in [2.05, 4.69) is 54.3 Å². The molecule has 2 amide bonds. The molecule has 0 aliphatic heterocycles. The lowest BCUT2D eigenvalue weighted by Gasteiger charge is -2.19. The van der Waals surface area contributed by atoms with Crippen molar-refractivity contribution in [2.24, 2.45) is 0 Å². The van der Waals surface area contributed by atoms with Crippen molar-refractivity contribution >= 4 is 54.1 Å². The third-order valence-corrected chi connectivity index (χ3v) is 18.5. The molecule has 10 heteroatoms. The number of ether oxygens (including phenoxy) is 3. The fraction of sp³-hybridized carbons (Fsp3) is 0.685. The summed E-state index contributed by atoms with van der Waals surface area (Å²) in [5.41, 5.74) is 0.535. The lowest BCUT2D eigenvalue weighted by molar-refractivity contribution is 0.234. The summed E-state index contributed by atoms with van der Waals surface area (Å²) in [6.07, 6.45) is 54.5. The van der Waals surface area contributed by atoms with E-state index in [9.17, 15) is 13.2 Å². The highest BCUT2D eigenvalue weighted by Crippen LogP contribution is 2.42. The normalized spacial score (nSPS) is 11.8. The molecule has 5 rings (SSSR count). The third-order valence-electron chi connectivity index (χ3n) is 17.0. The molecule has 9 nitrogen and oxygen atoms in total. The zero-order valence-corrected chi connectivity index (χ0v) is 53.8. The molecule has 0 unspecified atom stereocenters. The molecule has 0 aliphatic carbocycles. The SMILES string of the molecule is CCCCCCCCCCCCCCCCOc1cc(NC(=O)NCCNS(=O)(=O)c2ccc3ccc4cccc5ccc2c3c45)cc(OCCCCCCCCCCCCCCCC)c1OCCCCCCCCCCCCCCCC. The van der Waals surface area contributed by atoms with Crippen LogP contribution in [-0.4, -0.2) is 47.4 Å². The smallest absolute Gasteiger partial charge is 0.319 e. The molecule has 0 saturated heterocycles. The predicted octanol–water partition coefficient (Wildman–Crippen LogP) is 22.3. The number of rotatable bonds is 54. The van der Waals surface area contributed by atoms with E-state index in [1.807, 2.05) is 42.5 Å². The first-order valence-electron chi connectivity index (χ1n) is 34.6. The molecule has 83 heavy (non-hydrogen) atoms. The van der Waals surface area contributed by atoms with Crippen LogP contribution < -0.4 is 29.6 Å². The molecule has 0 aliphatic rings. The Labute approximate surface area is 506 Å². The van der Waals surface area contributed by atoms with Crippen LogP contribution in [0.15, 0.2) is 71.6 Å². The molecule has 3 N–H and O–H groups in total. The van der Waals surface area contributed by atoms with Crippen LogP contribution in [-0.2, 0) is 10.0 Å². The highest BCUT2D eigenvalue weighted by atomic mass is 32.2. The molecule has 0 aromatic heterocycles. The maximum atomic E-state index is 13.9. The quantitative estimate of drug-likeness (QED) is 0.0264. The molecule has 0 saturated carbocycles. The van der Waals surface area contributed by atoms with Crippen molar-refractivity contribution in [2.45, 2.75) is 295 Å². The Bertz CT molecular complexity index is 2480. The number of carbonyl (C=O) groups is 1. The highest BCUT2D eigenvalue weighted by molar-refractivity contribution is 7.89. The lowest BCUT2D eigenvalue weighted by atomic mass is 9.94. The number of benzene rings is 5. The molecule has 0 bridgehead atoms. The molecule has 5 aromatic rings. The zero-order chi connectivity index (χ0) is 58.7. The van der Waals surface area contributed by atoms with Crippen LogP contribution in [0.3, 0.4) is 0 Å². The minimum Gasteiger partial charge on any atom is -0.489 e. The summed E-state index contributed by atoms with van der Waals surface area (Å²) in [6, 6.07) is 21.0. The topological polar surface area (TPSA) is 115 Å². The first-order valence-corrected chi connectivity index (χ1v) is 36.1. The molecule has 0 spiro atoms. The van der Waals surface area contributed by atoms with Gasteiger partial charge in [0.05, 0.1) is 30.4 Å². The number of unbranched alkanes of at least 4 members (excludes halogenated alkanes) is 39. The van der Waals surface area contributed by atoms with E-state index in [0.717, 1.165) is 65.5 Å². The number of anilines is 1. The van der Waals surface area contributed by atoms with Gasteiger partial charge in [0.2, 0.25) is 15.8 Å². The summed E-state index contributed by atoms with van der Waals surface area (Å²) in [6.45, 7) is 8.63. The zero-order valence-electron chi connectivity index (χ0n) is 52.9. The number of hydrogen-bond acceptors (Lipinski definition) is 6. The average Bonchev–Trinajstić information content (AvgIpc) is 2.82. The van der Waals surface area contributed by atoms with Crippen molar-refractivity contribution in [2.75, 3.05) is 38.2 Å². The van der Waals surface area contributed by atoms with E-state index in [0.29, 0.717) is 48.1 Å². The van der Waals surface area contributed by atoms with Gasteiger partial charge in [0, 0.05) is 30.6 Å². The standard InChI is InChI=1S/C73H117N3O6S/c1-4-7-10-13-16-19-22-25-28-31-34-37-40-43-57-80-67-60-65(76-73(77)74-55-56-75-83(78,79)69-54-52-64-50-49-62-47-46-48-63-51-53-66(69)71(64)70(62)63)61-68(81-58-44-41-38-35-32-29-26-23-20-17-14-11-8-5-2)72(67)82-59-45-42-39-36-33-30-27-24-21-18-15-12-9-6-3/h46-54,60-61,75H,4-45,55-59H2,1-3H3,(H2,74,76,77). The summed E-state index contributed by atoms with van der Waals surface area (Å²) < 4.78 is 50.3. The Kier molecular flexibility index (Phi) is 37.0. The van der Waals surface area contributed by atoms with Gasteiger partial charge in [-0.05, 0) is 52.3 Å². The fourth-order valence-corrected chi connectivity index (χ4v) is 13.2. The Morgan fingerprint density at radius 3 is 1.12 bits per heavy atom. The van der Waals surface area contributed by atoms with E-state index in [1.165, 1.54) is 231 Å². The summed E-state index contributed by atoms with van der Waals surface area (Å²) in [5, 5.41) is 11.7. The Balaban J connectivity index is 1.16. The number of amides is 2. The van der Waals surface area contributed by atoms with Gasteiger partial charge in [-0.2, -0.15) is 0 Å². The number of carbonyl (C=O) groups excluding carboxylic acids is 1. The van der Waals surface area contributed by atoms with Gasteiger partial charge in [-0.3, -0.25) is 0 Å². The minimum atomic E-state index is -3.90. The largest absolute Gasteiger partial charge is 0.489 e. The monoisotopic (exact) mass is 1160 g/mol. The van der Waals surface area contributed by atoms with Gasteiger partial charge in [-0.25, -0.2) is 17.9 Å². The van der Waals surface area contributed by atoms with Gasteiger partial charge in [-0.1, -0.05) is 320 Å². The lowest BCUT2D eigenvalue weighted by Crippen LogP contribution is -2.36. The summed E-state index contributed by atoms with van der Waals surface area (Å²) in [4.78, 5) is 13.8. The van der Waals surface area contributed by atoms with Crippen molar-refractivity contribution in [1.82, 2.24) is 10.0 Å². The van der Waals surface area contributed by atoms with Crippen molar-refractivity contribution in [3.8, 4) is 17.2 Å². The maximum absolute atomic E-state index is 13.9. The molecular formula is C73H117N3O6S. The predicted molar refractivity (Wildman–Crippen MR) is 356 cm³/mol. The molecule has 0 radical (unpaired) electrons. The fourth-order valence-electron chi connectivity index (χ4n) is 12.0. The van der Waals surface area contributed by atoms with E-state index in [-0.39, 0.29) is 18.0 Å². The minimum absolute atomic E-state index is 0.0187. The molecule has 0 fully saturated rings. The Morgan fingerprint density at radius 1 is 0.386 bits per heavy atom. The molecular weight excluding hydrogens is 1050 g/mol. The molecule has 5 aromatic carbocycles. The Hall–Kier alpha value is -4.28. The molecule has 0 heterocycles. The van der Waals surface area contributed by atoms with Crippen LogP contribution in [0, 0.1) is 0 Å². The van der Waals surface area contributed by atoms with E-state index >= 15 is 0 Å². The molecule has 0 atom stereocenters. The second-order valence-electron chi connectivity index (χ2n) is 24.3. The first kappa shape index (κ1) is 69.5. The van der Waals surface area contributed by atoms with Crippen LogP contribution in [0.4, 0.5) is 10.5 Å². The first-order chi connectivity index (χ1) is 40.9. The van der Waals surface area contributed by atoms with Crippen molar-refractivity contribution < 1.29 is 27.4 Å². The number of hydrogen-bond donors (Lipinski definition) is 3. The second-order valence-corrected chi connectivity index (χ2v) is 26.1. The third kappa shape index (κ3) is 28.2. The highest BCUT2D eigenvalue weighted by Gasteiger charge is 2.21. The average molecular weight is 1160 g/mol. The Morgan fingerprint density at radius 2 is 0.723 bits per heavy atom. The number of sulfonamides is 1. The van der Waals surface area contributed by atoms with Crippen LogP contribution in [0.2, 0.25) is 0 Å². The summed E-state index contributed by atoms with van der Waals surface area (Å²) in [5.74, 6) is 1.78. The van der Waals surface area contributed by atoms with Gasteiger partial charge in [0.15, 0.2) is 11.5 Å². The maximum Gasteiger partial charge on any atom is 0.319 e. The van der Waals surface area contributed by atoms with Gasteiger partial charge in [0.1, 0.15) is 0 Å². The summed E-state index contributed by atoms with van der Waals surface area (Å²) in [7, 11) is -3.90. The number of urea groups is 1. The van der Waals surface area contributed by atoms with Crippen molar-refractivity contribution in [3.05, 3.63) is 66.7 Å². The second kappa shape index (κ2) is 44.2. The number of nitrogens with one attached hydrogen (secondary N) is 3. The van der Waals surface area contributed by atoms with Crippen LogP contribution >= 0.6 is 0 Å². The molecule has 466 valence electrons. The van der Waals surface area contributed by atoms with Crippen LogP contribution in [0.5, 0.6) is 17.2 Å². The van der Waals surface area contributed by atoms with Gasteiger partial charge < -0.3 is 24.8 Å². The van der Waals surface area contributed by atoms with Gasteiger partial charge in [0.25, 0.3) is 0 Å². The van der Waals surface area contributed by atoms with E-state index < -0.39 is 16.1 Å².